The van der Waals surface area contributed by atoms with Crippen molar-refractivity contribution < 1.29 is 23.5 Å². The predicted octanol–water partition coefficient (Wildman–Crippen LogP) is 2.05. The van der Waals surface area contributed by atoms with E-state index in [4.69, 9.17) is 13.9 Å². The second-order valence-corrected chi connectivity index (χ2v) is 5.68. The van der Waals surface area contributed by atoms with Crippen LogP contribution in [0, 0.1) is 0 Å². The van der Waals surface area contributed by atoms with Gasteiger partial charge in [0, 0.05) is 13.0 Å². The summed E-state index contributed by atoms with van der Waals surface area (Å²) in [6.07, 6.45) is 1.61. The lowest BCUT2D eigenvalue weighted by Gasteiger charge is -2.21. The largest absolute Gasteiger partial charge is 0.486 e. The van der Waals surface area contributed by atoms with Gasteiger partial charge in [-0.3, -0.25) is 9.59 Å². The maximum absolute atomic E-state index is 12.0. The molecule has 0 radical (unpaired) electrons. The molecule has 2 aromatic rings. The molecule has 7 heteroatoms. The lowest BCUT2D eigenvalue weighted by molar-refractivity contribution is -0.121. The van der Waals surface area contributed by atoms with Gasteiger partial charge >= 0.3 is 0 Å². The molecule has 0 spiro atoms. The van der Waals surface area contributed by atoms with Crippen LogP contribution >= 0.6 is 0 Å². The standard InChI is InChI=1S/C18H20N2O5/c1-12(13-4-5-14-16(11-13)25-10-9-24-14)20-17(21)6-7-19-18(22)15-3-2-8-23-15/h2-5,8,11-12H,6-7,9-10H2,1H3,(H,19,22)(H,20,21). The minimum atomic E-state index is -0.335. The Kier molecular flexibility index (Phi) is 5.23. The van der Waals surface area contributed by atoms with E-state index in [0.717, 1.165) is 5.56 Å². The molecule has 1 unspecified atom stereocenters. The number of furan rings is 1. The summed E-state index contributed by atoms with van der Waals surface area (Å²) in [5.74, 6) is 1.15. The van der Waals surface area contributed by atoms with Gasteiger partial charge < -0.3 is 24.5 Å². The van der Waals surface area contributed by atoms with Crippen LogP contribution < -0.4 is 20.1 Å². The van der Waals surface area contributed by atoms with E-state index < -0.39 is 0 Å². The number of amides is 2. The summed E-state index contributed by atoms with van der Waals surface area (Å²) in [5.41, 5.74) is 0.928. The Morgan fingerprint density at radius 3 is 2.72 bits per heavy atom. The number of rotatable bonds is 6. The summed E-state index contributed by atoms with van der Waals surface area (Å²) >= 11 is 0. The molecule has 0 saturated heterocycles. The van der Waals surface area contributed by atoms with Crippen LogP contribution in [0.3, 0.4) is 0 Å². The first-order chi connectivity index (χ1) is 12.1. The van der Waals surface area contributed by atoms with Gasteiger partial charge in [0.05, 0.1) is 12.3 Å². The molecule has 0 aliphatic carbocycles. The third-order valence-corrected chi connectivity index (χ3v) is 3.83. The normalized spacial score (nSPS) is 13.8. The third kappa shape index (κ3) is 4.32. The molecule has 1 aromatic carbocycles. The van der Waals surface area contributed by atoms with E-state index in [2.05, 4.69) is 10.6 Å². The highest BCUT2D eigenvalue weighted by Crippen LogP contribution is 2.32. The summed E-state index contributed by atoms with van der Waals surface area (Å²) in [6.45, 7) is 3.19. The fourth-order valence-corrected chi connectivity index (χ4v) is 2.51. The molecule has 3 rings (SSSR count). The zero-order valence-corrected chi connectivity index (χ0v) is 13.9. The molecule has 1 aliphatic rings. The quantitative estimate of drug-likeness (QED) is 0.837. The SMILES string of the molecule is CC(NC(=O)CCNC(=O)c1ccco1)c1ccc2c(c1)OCCO2. The van der Waals surface area contributed by atoms with Gasteiger partial charge in [-0.1, -0.05) is 6.07 Å². The molecular formula is C18H20N2O5. The van der Waals surface area contributed by atoms with Gasteiger partial charge in [0.15, 0.2) is 17.3 Å². The Balaban J connectivity index is 1.46. The summed E-state index contributed by atoms with van der Waals surface area (Å²) < 4.78 is 16.0. The number of hydrogen-bond donors (Lipinski definition) is 2. The zero-order chi connectivity index (χ0) is 17.6. The Bertz CT molecular complexity index is 742. The number of benzene rings is 1. The van der Waals surface area contributed by atoms with E-state index in [-0.39, 0.29) is 36.6 Å². The van der Waals surface area contributed by atoms with Crippen molar-refractivity contribution in [2.24, 2.45) is 0 Å². The van der Waals surface area contributed by atoms with Crippen molar-refractivity contribution in [2.75, 3.05) is 19.8 Å². The zero-order valence-electron chi connectivity index (χ0n) is 13.9. The lowest BCUT2D eigenvalue weighted by atomic mass is 10.1. The second-order valence-electron chi connectivity index (χ2n) is 5.68. The van der Waals surface area contributed by atoms with Crippen LogP contribution in [0.4, 0.5) is 0 Å². The number of carbonyl (C=O) groups excluding carboxylic acids is 2. The van der Waals surface area contributed by atoms with E-state index in [0.29, 0.717) is 24.7 Å². The van der Waals surface area contributed by atoms with Crippen molar-refractivity contribution in [1.82, 2.24) is 10.6 Å². The van der Waals surface area contributed by atoms with Gasteiger partial charge in [-0.05, 0) is 36.8 Å². The van der Waals surface area contributed by atoms with Gasteiger partial charge in [-0.15, -0.1) is 0 Å². The fraction of sp³-hybridized carbons (Fsp3) is 0.333. The minimum Gasteiger partial charge on any atom is -0.486 e. The molecule has 0 saturated carbocycles. The first-order valence-corrected chi connectivity index (χ1v) is 8.14. The van der Waals surface area contributed by atoms with Crippen LogP contribution in [-0.2, 0) is 4.79 Å². The Morgan fingerprint density at radius 2 is 1.96 bits per heavy atom. The van der Waals surface area contributed by atoms with Crippen molar-refractivity contribution in [3.63, 3.8) is 0 Å². The van der Waals surface area contributed by atoms with Crippen molar-refractivity contribution in [3.8, 4) is 11.5 Å². The summed E-state index contributed by atoms with van der Waals surface area (Å²) in [6, 6.07) is 8.64. The van der Waals surface area contributed by atoms with Crippen LogP contribution in [0.1, 0.15) is 35.5 Å². The molecule has 7 nitrogen and oxygen atoms in total. The first-order valence-electron chi connectivity index (χ1n) is 8.14. The fourth-order valence-electron chi connectivity index (χ4n) is 2.51. The number of nitrogens with one attached hydrogen (secondary N) is 2. The van der Waals surface area contributed by atoms with E-state index in [1.54, 1.807) is 12.1 Å². The van der Waals surface area contributed by atoms with Crippen LogP contribution in [0.2, 0.25) is 0 Å². The van der Waals surface area contributed by atoms with E-state index in [1.807, 2.05) is 25.1 Å². The summed E-state index contributed by atoms with van der Waals surface area (Å²) in [7, 11) is 0. The Hall–Kier alpha value is -2.96. The van der Waals surface area contributed by atoms with Gasteiger partial charge in [-0.25, -0.2) is 0 Å². The highest BCUT2D eigenvalue weighted by Gasteiger charge is 2.16. The molecule has 2 N–H and O–H groups in total. The lowest BCUT2D eigenvalue weighted by Crippen LogP contribution is -2.32. The van der Waals surface area contributed by atoms with E-state index in [9.17, 15) is 9.59 Å². The average molecular weight is 344 g/mol. The Labute approximate surface area is 145 Å². The van der Waals surface area contributed by atoms with Crippen LogP contribution in [0.25, 0.3) is 0 Å². The molecule has 0 bridgehead atoms. The highest BCUT2D eigenvalue weighted by molar-refractivity contribution is 5.91. The van der Waals surface area contributed by atoms with Crippen molar-refractivity contribution in [1.29, 1.82) is 0 Å². The molecule has 2 heterocycles. The Morgan fingerprint density at radius 1 is 1.16 bits per heavy atom. The van der Waals surface area contributed by atoms with Gasteiger partial charge in [0.1, 0.15) is 13.2 Å². The molecule has 1 aliphatic heterocycles. The van der Waals surface area contributed by atoms with Gasteiger partial charge in [0.25, 0.3) is 5.91 Å². The number of hydrogen-bond acceptors (Lipinski definition) is 5. The molecule has 2 amide bonds. The highest BCUT2D eigenvalue weighted by atomic mass is 16.6. The van der Waals surface area contributed by atoms with Crippen LogP contribution in [0.15, 0.2) is 41.0 Å². The molecule has 1 atom stereocenters. The van der Waals surface area contributed by atoms with Gasteiger partial charge in [0.2, 0.25) is 5.91 Å². The molecule has 132 valence electrons. The predicted molar refractivity (Wildman–Crippen MR) is 89.6 cm³/mol. The van der Waals surface area contributed by atoms with Crippen molar-refractivity contribution in [2.45, 2.75) is 19.4 Å². The van der Waals surface area contributed by atoms with Crippen LogP contribution in [-0.4, -0.2) is 31.6 Å². The number of carbonyl (C=O) groups is 2. The first kappa shape index (κ1) is 16.9. The second kappa shape index (κ2) is 7.74. The van der Waals surface area contributed by atoms with Crippen molar-refractivity contribution >= 4 is 11.8 Å². The monoisotopic (exact) mass is 344 g/mol. The minimum absolute atomic E-state index is 0.151. The maximum Gasteiger partial charge on any atom is 0.286 e. The van der Waals surface area contributed by atoms with Gasteiger partial charge in [-0.2, -0.15) is 0 Å². The third-order valence-electron chi connectivity index (χ3n) is 3.83. The van der Waals surface area contributed by atoms with E-state index in [1.165, 1.54) is 6.26 Å². The molecule has 0 fully saturated rings. The summed E-state index contributed by atoms with van der Waals surface area (Å²) in [4.78, 5) is 23.7. The topological polar surface area (TPSA) is 89.8 Å². The molecule has 25 heavy (non-hydrogen) atoms. The molecular weight excluding hydrogens is 324 g/mol. The van der Waals surface area contributed by atoms with Crippen LogP contribution in [0.5, 0.6) is 11.5 Å². The smallest absolute Gasteiger partial charge is 0.286 e. The molecule has 1 aromatic heterocycles. The number of fused-ring (bicyclic) bond motifs is 1. The maximum atomic E-state index is 12.0. The number of ether oxygens (including phenoxy) is 2. The van der Waals surface area contributed by atoms with Crippen molar-refractivity contribution in [3.05, 3.63) is 47.9 Å². The average Bonchev–Trinajstić information content (AvgIpc) is 3.16. The van der Waals surface area contributed by atoms with E-state index >= 15 is 0 Å². The summed E-state index contributed by atoms with van der Waals surface area (Å²) in [5, 5.41) is 5.54.